The van der Waals surface area contributed by atoms with Gasteiger partial charge in [-0.25, -0.2) is 0 Å². The molecule has 24 heavy (non-hydrogen) atoms. The quantitative estimate of drug-likeness (QED) is 0.466. The molecule has 0 spiro atoms. The van der Waals surface area contributed by atoms with E-state index in [1.165, 1.54) is 24.3 Å². The topological polar surface area (TPSA) is 92.9 Å². The third-order valence-electron chi connectivity index (χ3n) is 2.89. The Kier molecular flexibility index (Phi) is 5.01. The molecule has 0 bridgehead atoms. The first-order chi connectivity index (χ1) is 11.2. The molecule has 1 aromatic heterocycles. The Balaban J connectivity index is 2.41. The Morgan fingerprint density at radius 2 is 2.17 bits per heavy atom. The molecule has 0 radical (unpaired) electrons. The van der Waals surface area contributed by atoms with Crippen molar-refractivity contribution in [2.24, 2.45) is 5.11 Å². The van der Waals surface area contributed by atoms with Gasteiger partial charge in [-0.1, -0.05) is 22.8 Å². The van der Waals surface area contributed by atoms with Gasteiger partial charge in [0.05, 0.1) is 17.6 Å². The van der Waals surface area contributed by atoms with Crippen LogP contribution < -0.4 is 10.3 Å². The highest BCUT2D eigenvalue weighted by molar-refractivity contribution is 6.32. The minimum absolute atomic E-state index is 0.0960. The lowest BCUT2D eigenvalue weighted by Crippen LogP contribution is -2.31. The summed E-state index contributed by atoms with van der Waals surface area (Å²) in [6.45, 7) is 0.864. The van der Waals surface area contributed by atoms with E-state index in [0.717, 1.165) is 17.8 Å². The van der Waals surface area contributed by atoms with Crippen LogP contribution in [-0.2, 0) is 0 Å². The average Bonchev–Trinajstić information content (AvgIpc) is 2.51. The summed E-state index contributed by atoms with van der Waals surface area (Å²) in [7, 11) is 0. The van der Waals surface area contributed by atoms with Crippen molar-refractivity contribution in [1.82, 2.24) is 9.78 Å². The minimum Gasteiger partial charge on any atom is -0.481 e. The molecular weight excluding hydrogens is 351 g/mol. The average molecular weight is 360 g/mol. The van der Waals surface area contributed by atoms with Crippen LogP contribution in [0.15, 0.2) is 40.4 Å². The molecule has 0 fully saturated rings. The van der Waals surface area contributed by atoms with E-state index in [0.29, 0.717) is 0 Å². The maximum Gasteiger partial charge on any atom is 0.425 e. The second-order valence-corrected chi connectivity index (χ2v) is 4.93. The van der Waals surface area contributed by atoms with E-state index >= 15 is 0 Å². The lowest BCUT2D eigenvalue weighted by molar-refractivity contribution is -0.189. The number of halogens is 4. The molecule has 0 aliphatic heterocycles. The van der Waals surface area contributed by atoms with Gasteiger partial charge < -0.3 is 4.74 Å². The highest BCUT2D eigenvalue weighted by Crippen LogP contribution is 2.26. The van der Waals surface area contributed by atoms with E-state index < -0.39 is 17.8 Å². The molecule has 0 N–H and O–H groups in total. The lowest BCUT2D eigenvalue weighted by Gasteiger charge is -2.18. The number of benzene rings is 1. The monoisotopic (exact) mass is 359 g/mol. The van der Waals surface area contributed by atoms with Crippen molar-refractivity contribution in [2.75, 3.05) is 0 Å². The largest absolute Gasteiger partial charge is 0.481 e. The smallest absolute Gasteiger partial charge is 0.425 e. The minimum atomic E-state index is -4.52. The molecule has 1 atom stereocenters. The van der Waals surface area contributed by atoms with E-state index in [1.54, 1.807) is 0 Å². The number of hydrogen-bond acceptors (Lipinski definition) is 4. The van der Waals surface area contributed by atoms with Gasteiger partial charge in [0.25, 0.3) is 5.56 Å². The van der Waals surface area contributed by atoms with Gasteiger partial charge in [-0.3, -0.25) is 4.79 Å². The number of nitrogens with zero attached hydrogens (tertiary/aromatic N) is 5. The Morgan fingerprint density at radius 3 is 2.79 bits per heavy atom. The SMILES string of the molecule is CC(Oc1cccc(-n2ncc(N=[N+]=[N-])c(Cl)c2=O)c1)C(F)(F)F. The van der Waals surface area contributed by atoms with Gasteiger partial charge in [-0.15, -0.1) is 0 Å². The molecule has 1 unspecified atom stereocenters. The van der Waals surface area contributed by atoms with Gasteiger partial charge in [-0.2, -0.15) is 23.0 Å². The Labute approximate surface area is 137 Å². The molecule has 2 rings (SSSR count). The number of azide groups is 1. The first kappa shape index (κ1) is 17.6. The van der Waals surface area contributed by atoms with Crippen LogP contribution in [0.1, 0.15) is 6.92 Å². The summed E-state index contributed by atoms with van der Waals surface area (Å²) in [6, 6.07) is 5.35. The van der Waals surface area contributed by atoms with Gasteiger partial charge in [-0.05, 0) is 24.6 Å². The van der Waals surface area contributed by atoms with E-state index in [4.69, 9.17) is 21.9 Å². The standard InChI is InChI=1S/C13H9ClF3N5O2/c1-7(13(15,16)17)24-9-4-2-3-8(5-9)22-12(23)11(14)10(6-19-22)20-21-18/h2-7H,1H3. The van der Waals surface area contributed by atoms with Crippen LogP contribution in [0.5, 0.6) is 5.75 Å². The Morgan fingerprint density at radius 1 is 1.46 bits per heavy atom. The fourth-order valence-corrected chi connectivity index (χ4v) is 1.85. The third-order valence-corrected chi connectivity index (χ3v) is 3.24. The second kappa shape index (κ2) is 6.81. The number of aromatic nitrogens is 2. The summed E-state index contributed by atoms with van der Waals surface area (Å²) >= 11 is 5.79. The fraction of sp³-hybridized carbons (Fsp3) is 0.231. The third kappa shape index (κ3) is 3.79. The highest BCUT2D eigenvalue weighted by atomic mass is 35.5. The zero-order valence-corrected chi connectivity index (χ0v) is 12.8. The second-order valence-electron chi connectivity index (χ2n) is 4.55. The number of rotatable bonds is 4. The summed E-state index contributed by atoms with van der Waals surface area (Å²) in [5.41, 5.74) is 7.56. The van der Waals surface area contributed by atoms with Crippen LogP contribution >= 0.6 is 11.6 Å². The van der Waals surface area contributed by atoms with E-state index in [2.05, 4.69) is 15.1 Å². The molecule has 1 aromatic carbocycles. The summed E-state index contributed by atoms with van der Waals surface area (Å²) in [5, 5.41) is 6.62. The lowest BCUT2D eigenvalue weighted by atomic mass is 10.3. The van der Waals surface area contributed by atoms with Crippen LogP contribution in [0.3, 0.4) is 0 Å². The van der Waals surface area contributed by atoms with Crippen molar-refractivity contribution in [3.8, 4) is 11.4 Å². The van der Waals surface area contributed by atoms with Gasteiger partial charge in [0, 0.05) is 11.0 Å². The van der Waals surface area contributed by atoms with Crippen molar-refractivity contribution in [3.05, 3.63) is 56.3 Å². The summed E-state index contributed by atoms with van der Waals surface area (Å²) in [6.07, 6.45) is -5.48. The summed E-state index contributed by atoms with van der Waals surface area (Å²) in [5.74, 6) is -0.0960. The van der Waals surface area contributed by atoms with Crippen molar-refractivity contribution >= 4 is 17.3 Å². The Bertz CT molecular complexity index is 861. The van der Waals surface area contributed by atoms with Crippen molar-refractivity contribution in [1.29, 1.82) is 0 Å². The van der Waals surface area contributed by atoms with Crippen molar-refractivity contribution < 1.29 is 17.9 Å². The zero-order valence-electron chi connectivity index (χ0n) is 12.0. The zero-order chi connectivity index (χ0) is 17.9. The molecule has 0 aliphatic carbocycles. The predicted molar refractivity (Wildman–Crippen MR) is 79.8 cm³/mol. The summed E-state index contributed by atoms with van der Waals surface area (Å²) in [4.78, 5) is 14.6. The molecule has 11 heteroatoms. The van der Waals surface area contributed by atoms with Crippen LogP contribution in [0, 0.1) is 0 Å². The van der Waals surface area contributed by atoms with Crippen LogP contribution in [0.25, 0.3) is 16.1 Å². The van der Waals surface area contributed by atoms with E-state index in [1.807, 2.05) is 0 Å². The predicted octanol–water partition coefficient (Wildman–Crippen LogP) is 4.16. The number of ether oxygens (including phenoxy) is 1. The maximum absolute atomic E-state index is 12.5. The molecule has 2 aromatic rings. The van der Waals surface area contributed by atoms with Gasteiger partial charge in [0.1, 0.15) is 10.8 Å². The van der Waals surface area contributed by atoms with Gasteiger partial charge in [0.2, 0.25) is 0 Å². The number of alkyl halides is 3. The number of hydrogen-bond donors (Lipinski definition) is 0. The normalized spacial score (nSPS) is 12.4. The molecule has 0 amide bonds. The summed E-state index contributed by atoms with van der Waals surface area (Å²) < 4.78 is 43.3. The molecule has 0 saturated carbocycles. The Hall–Kier alpha value is -2.71. The van der Waals surface area contributed by atoms with Crippen LogP contribution in [0.4, 0.5) is 18.9 Å². The fourth-order valence-electron chi connectivity index (χ4n) is 1.69. The molecule has 7 nitrogen and oxygen atoms in total. The molecule has 1 heterocycles. The maximum atomic E-state index is 12.5. The molecule has 126 valence electrons. The first-order valence-corrected chi connectivity index (χ1v) is 6.78. The van der Waals surface area contributed by atoms with Crippen LogP contribution in [0.2, 0.25) is 5.02 Å². The van der Waals surface area contributed by atoms with Crippen molar-refractivity contribution in [2.45, 2.75) is 19.2 Å². The van der Waals surface area contributed by atoms with E-state index in [-0.39, 0.29) is 22.1 Å². The molecular formula is C13H9ClF3N5O2. The first-order valence-electron chi connectivity index (χ1n) is 6.40. The van der Waals surface area contributed by atoms with Gasteiger partial charge in [0.15, 0.2) is 6.10 Å². The molecule has 0 saturated heterocycles. The van der Waals surface area contributed by atoms with Crippen molar-refractivity contribution in [3.63, 3.8) is 0 Å². The van der Waals surface area contributed by atoms with Gasteiger partial charge >= 0.3 is 6.18 Å². The highest BCUT2D eigenvalue weighted by Gasteiger charge is 2.38. The van der Waals surface area contributed by atoms with Crippen LogP contribution in [-0.4, -0.2) is 22.1 Å². The molecule has 0 aliphatic rings. The van der Waals surface area contributed by atoms with E-state index in [9.17, 15) is 18.0 Å².